The highest BCUT2D eigenvalue weighted by molar-refractivity contribution is 9.10. The molecule has 0 fully saturated rings. The summed E-state index contributed by atoms with van der Waals surface area (Å²) in [6.45, 7) is 1.32. The number of halogens is 1. The predicted octanol–water partition coefficient (Wildman–Crippen LogP) is 3.20. The Bertz CT molecular complexity index is 551. The summed E-state index contributed by atoms with van der Waals surface area (Å²) in [6.07, 6.45) is 0. The van der Waals surface area contributed by atoms with Crippen LogP contribution in [0.3, 0.4) is 0 Å². The van der Waals surface area contributed by atoms with Crippen LogP contribution in [-0.2, 0) is 13.1 Å². The molecular weight excluding hydrogens is 282 g/mol. The molecule has 0 saturated heterocycles. The van der Waals surface area contributed by atoms with Crippen molar-refractivity contribution in [2.24, 2.45) is 0 Å². The van der Waals surface area contributed by atoms with E-state index < -0.39 is 0 Å². The van der Waals surface area contributed by atoms with Crippen LogP contribution in [0.1, 0.15) is 21.7 Å². The van der Waals surface area contributed by atoms with Crippen molar-refractivity contribution in [2.45, 2.75) is 13.1 Å². The van der Waals surface area contributed by atoms with Crippen molar-refractivity contribution in [3.63, 3.8) is 0 Å². The third-order valence-electron chi connectivity index (χ3n) is 2.91. The van der Waals surface area contributed by atoms with Crippen molar-refractivity contribution in [1.82, 2.24) is 4.90 Å². The second-order valence-electron chi connectivity index (χ2n) is 4.03. The van der Waals surface area contributed by atoms with E-state index in [2.05, 4.69) is 28.1 Å². The lowest BCUT2D eigenvalue weighted by Crippen LogP contribution is -2.24. The van der Waals surface area contributed by atoms with E-state index in [4.69, 9.17) is 4.42 Å². The van der Waals surface area contributed by atoms with Gasteiger partial charge < -0.3 is 9.32 Å². The minimum Gasteiger partial charge on any atom is -0.444 e. The maximum absolute atomic E-state index is 12.1. The molecule has 3 rings (SSSR count). The number of rotatable bonds is 1. The van der Waals surface area contributed by atoms with Crippen LogP contribution in [0.25, 0.3) is 0 Å². The Morgan fingerprint density at radius 3 is 2.29 bits per heavy atom. The summed E-state index contributed by atoms with van der Waals surface area (Å²) in [7, 11) is 0. The highest BCUT2D eigenvalue weighted by Gasteiger charge is 2.25. The first-order valence-corrected chi connectivity index (χ1v) is 6.15. The first-order chi connectivity index (χ1) is 8.24. The average molecular weight is 292 g/mol. The Morgan fingerprint density at radius 1 is 1.12 bits per heavy atom. The third kappa shape index (κ3) is 1.89. The second kappa shape index (κ2) is 4.04. The van der Waals surface area contributed by atoms with Gasteiger partial charge in [0.05, 0.1) is 0 Å². The molecule has 0 N–H and O–H groups in total. The fourth-order valence-electron chi connectivity index (χ4n) is 2.06. The van der Waals surface area contributed by atoms with E-state index in [1.807, 2.05) is 12.1 Å². The molecule has 1 aliphatic heterocycles. The molecule has 17 heavy (non-hydrogen) atoms. The number of carbonyl (C=O) groups is 1. The van der Waals surface area contributed by atoms with Gasteiger partial charge in [-0.3, -0.25) is 4.79 Å². The normalized spacial score (nSPS) is 13.8. The molecule has 0 atom stereocenters. The molecule has 86 valence electrons. The van der Waals surface area contributed by atoms with Crippen molar-refractivity contribution in [3.05, 3.63) is 58.0 Å². The van der Waals surface area contributed by atoms with Gasteiger partial charge in [0.2, 0.25) is 0 Å². The molecule has 0 unspecified atom stereocenters. The van der Waals surface area contributed by atoms with Gasteiger partial charge in [-0.05, 0) is 39.2 Å². The number of furan rings is 1. The lowest BCUT2D eigenvalue weighted by Gasteiger charge is -2.13. The van der Waals surface area contributed by atoms with Gasteiger partial charge in [0.15, 0.2) is 10.4 Å². The van der Waals surface area contributed by atoms with Crippen LogP contribution in [0.2, 0.25) is 0 Å². The van der Waals surface area contributed by atoms with E-state index in [1.165, 1.54) is 11.1 Å². The summed E-state index contributed by atoms with van der Waals surface area (Å²) in [6, 6.07) is 11.5. The largest absolute Gasteiger partial charge is 0.444 e. The fraction of sp³-hybridized carbons (Fsp3) is 0.154. The van der Waals surface area contributed by atoms with Crippen LogP contribution in [0, 0.1) is 0 Å². The molecule has 4 heteroatoms. The van der Waals surface area contributed by atoms with Gasteiger partial charge in [-0.25, -0.2) is 0 Å². The predicted molar refractivity (Wildman–Crippen MR) is 66.4 cm³/mol. The van der Waals surface area contributed by atoms with Crippen molar-refractivity contribution < 1.29 is 9.21 Å². The van der Waals surface area contributed by atoms with Crippen LogP contribution in [-0.4, -0.2) is 10.8 Å². The number of fused-ring (bicyclic) bond motifs is 1. The number of carbonyl (C=O) groups excluding carboxylic acids is 1. The quantitative estimate of drug-likeness (QED) is 0.808. The molecule has 0 radical (unpaired) electrons. The first-order valence-electron chi connectivity index (χ1n) is 5.35. The zero-order valence-electron chi connectivity index (χ0n) is 9.02. The Morgan fingerprint density at radius 2 is 1.76 bits per heavy atom. The Labute approximate surface area is 107 Å². The molecule has 2 heterocycles. The fourth-order valence-corrected chi connectivity index (χ4v) is 2.37. The van der Waals surface area contributed by atoms with E-state index >= 15 is 0 Å². The first kappa shape index (κ1) is 10.6. The van der Waals surface area contributed by atoms with Gasteiger partial charge in [-0.1, -0.05) is 24.3 Å². The zero-order valence-corrected chi connectivity index (χ0v) is 10.6. The van der Waals surface area contributed by atoms with E-state index in [0.29, 0.717) is 23.5 Å². The number of hydrogen-bond donors (Lipinski definition) is 0. The number of nitrogens with zero attached hydrogens (tertiary/aromatic N) is 1. The summed E-state index contributed by atoms with van der Waals surface area (Å²) in [5.74, 6) is 0.316. The summed E-state index contributed by atoms with van der Waals surface area (Å²) in [5.41, 5.74) is 2.43. The molecule has 3 nitrogen and oxygen atoms in total. The van der Waals surface area contributed by atoms with Crippen molar-refractivity contribution in [3.8, 4) is 0 Å². The van der Waals surface area contributed by atoms with E-state index in [9.17, 15) is 4.79 Å². The molecule has 1 aromatic heterocycles. The van der Waals surface area contributed by atoms with Gasteiger partial charge in [0.25, 0.3) is 5.91 Å². The lowest BCUT2D eigenvalue weighted by atomic mass is 10.1. The van der Waals surface area contributed by atoms with Crippen LogP contribution < -0.4 is 0 Å². The molecule has 0 spiro atoms. The van der Waals surface area contributed by atoms with Gasteiger partial charge in [0.1, 0.15) is 0 Å². The van der Waals surface area contributed by atoms with Gasteiger partial charge in [0, 0.05) is 13.1 Å². The molecule has 1 aromatic carbocycles. The Balaban J connectivity index is 1.83. The monoisotopic (exact) mass is 291 g/mol. The van der Waals surface area contributed by atoms with Crippen LogP contribution >= 0.6 is 15.9 Å². The Hall–Kier alpha value is -1.55. The topological polar surface area (TPSA) is 33.5 Å². The summed E-state index contributed by atoms with van der Waals surface area (Å²) < 4.78 is 5.86. The van der Waals surface area contributed by atoms with Gasteiger partial charge in [-0.2, -0.15) is 0 Å². The van der Waals surface area contributed by atoms with E-state index in [0.717, 1.165) is 0 Å². The SMILES string of the molecule is O=C(c1ccc(Br)o1)N1Cc2ccccc2C1. The summed E-state index contributed by atoms with van der Waals surface area (Å²) >= 11 is 3.20. The van der Waals surface area contributed by atoms with Crippen molar-refractivity contribution >= 4 is 21.8 Å². The smallest absolute Gasteiger partial charge is 0.290 e. The summed E-state index contributed by atoms with van der Waals surface area (Å²) in [4.78, 5) is 13.9. The highest BCUT2D eigenvalue weighted by atomic mass is 79.9. The van der Waals surface area contributed by atoms with Crippen LogP contribution in [0.4, 0.5) is 0 Å². The number of hydrogen-bond acceptors (Lipinski definition) is 2. The number of amides is 1. The minimum absolute atomic E-state index is 0.0631. The highest BCUT2D eigenvalue weighted by Crippen LogP contribution is 2.25. The van der Waals surface area contributed by atoms with Crippen molar-refractivity contribution in [2.75, 3.05) is 0 Å². The molecule has 0 saturated carbocycles. The summed E-state index contributed by atoms with van der Waals surface area (Å²) in [5, 5.41) is 0. The molecular formula is C13H10BrNO2. The molecule has 1 aliphatic rings. The van der Waals surface area contributed by atoms with Crippen molar-refractivity contribution in [1.29, 1.82) is 0 Å². The number of benzene rings is 1. The van der Waals surface area contributed by atoms with Crippen LogP contribution in [0.5, 0.6) is 0 Å². The second-order valence-corrected chi connectivity index (χ2v) is 4.82. The molecule has 0 bridgehead atoms. The standard InChI is InChI=1S/C13H10BrNO2/c14-12-6-5-11(17-12)13(16)15-7-9-3-1-2-4-10(9)8-15/h1-6H,7-8H2. The maximum atomic E-state index is 12.1. The lowest BCUT2D eigenvalue weighted by molar-refractivity contribution is 0.0718. The Kier molecular flexibility index (Phi) is 2.52. The molecule has 0 aliphatic carbocycles. The molecule has 2 aromatic rings. The van der Waals surface area contributed by atoms with E-state index in [1.54, 1.807) is 17.0 Å². The van der Waals surface area contributed by atoms with E-state index in [-0.39, 0.29) is 5.91 Å². The minimum atomic E-state index is -0.0631. The van der Waals surface area contributed by atoms with Gasteiger partial charge in [-0.15, -0.1) is 0 Å². The zero-order chi connectivity index (χ0) is 11.8. The molecule has 1 amide bonds. The van der Waals surface area contributed by atoms with Gasteiger partial charge >= 0.3 is 0 Å². The van der Waals surface area contributed by atoms with Crippen LogP contribution in [0.15, 0.2) is 45.5 Å². The third-order valence-corrected chi connectivity index (χ3v) is 3.34. The average Bonchev–Trinajstić information content (AvgIpc) is 2.93. The maximum Gasteiger partial charge on any atom is 0.290 e.